The van der Waals surface area contributed by atoms with Crippen LogP contribution in [-0.4, -0.2) is 59.6 Å². The summed E-state index contributed by atoms with van der Waals surface area (Å²) in [7, 11) is 0. The van der Waals surface area contributed by atoms with Crippen molar-refractivity contribution >= 4 is 29.9 Å². The number of guanidine groups is 1. The van der Waals surface area contributed by atoms with Gasteiger partial charge < -0.3 is 15.3 Å². The lowest BCUT2D eigenvalue weighted by atomic mass is 10.2. The summed E-state index contributed by atoms with van der Waals surface area (Å²) >= 11 is 0. The van der Waals surface area contributed by atoms with E-state index in [1.807, 2.05) is 0 Å². The largest absolute Gasteiger partial charge is 0.505 e. The van der Waals surface area contributed by atoms with Gasteiger partial charge in [0.25, 0.3) is 0 Å². The number of phenols is 1. The smallest absolute Gasteiger partial charge is 0.194 e. The van der Waals surface area contributed by atoms with Gasteiger partial charge in [0.05, 0.1) is 6.54 Å². The highest BCUT2D eigenvalue weighted by atomic mass is 127. The Bertz CT molecular complexity index is 592. The molecule has 140 valence electrons. The van der Waals surface area contributed by atoms with Crippen molar-refractivity contribution in [3.8, 4) is 5.75 Å². The van der Waals surface area contributed by atoms with Crippen LogP contribution in [0.2, 0.25) is 0 Å². The fraction of sp³-hybridized carbons (Fsp3) is 0.611. The zero-order valence-electron chi connectivity index (χ0n) is 14.7. The van der Waals surface area contributed by atoms with Crippen LogP contribution < -0.4 is 5.32 Å². The number of aliphatic imine (C=N–C) groups is 1. The SMILES string of the molecule is CCNC(=NCc1ccc(O)c(F)c1)N1CCC(N2CCCC2)C1.I. The van der Waals surface area contributed by atoms with Crippen LogP contribution in [0.1, 0.15) is 31.7 Å². The summed E-state index contributed by atoms with van der Waals surface area (Å²) < 4.78 is 13.4. The molecule has 0 saturated carbocycles. The molecule has 0 aromatic heterocycles. The van der Waals surface area contributed by atoms with Crippen LogP contribution in [0.4, 0.5) is 4.39 Å². The van der Waals surface area contributed by atoms with Gasteiger partial charge in [-0.15, -0.1) is 24.0 Å². The highest BCUT2D eigenvalue weighted by Gasteiger charge is 2.30. The van der Waals surface area contributed by atoms with Crippen molar-refractivity contribution in [2.24, 2.45) is 4.99 Å². The van der Waals surface area contributed by atoms with Gasteiger partial charge >= 0.3 is 0 Å². The van der Waals surface area contributed by atoms with Crippen LogP contribution in [0.15, 0.2) is 23.2 Å². The van der Waals surface area contributed by atoms with Gasteiger partial charge in [0.1, 0.15) is 0 Å². The second kappa shape index (κ2) is 9.56. The van der Waals surface area contributed by atoms with Gasteiger partial charge in [0, 0.05) is 25.7 Å². The first-order chi connectivity index (χ1) is 11.7. The third kappa shape index (κ3) is 5.20. The fourth-order valence-corrected chi connectivity index (χ4v) is 3.58. The lowest BCUT2D eigenvalue weighted by Crippen LogP contribution is -2.42. The molecule has 5 nitrogen and oxygen atoms in total. The maximum atomic E-state index is 13.4. The fourth-order valence-electron chi connectivity index (χ4n) is 3.58. The number of rotatable bonds is 4. The number of likely N-dealkylation sites (tertiary alicyclic amines) is 2. The summed E-state index contributed by atoms with van der Waals surface area (Å²) in [5, 5.41) is 12.6. The minimum absolute atomic E-state index is 0. The van der Waals surface area contributed by atoms with E-state index < -0.39 is 5.82 Å². The van der Waals surface area contributed by atoms with Crippen molar-refractivity contribution in [1.82, 2.24) is 15.1 Å². The number of aromatic hydroxyl groups is 1. The predicted octanol–water partition coefficient (Wildman–Crippen LogP) is 2.78. The highest BCUT2D eigenvalue weighted by molar-refractivity contribution is 14.0. The Morgan fingerprint density at radius 2 is 2.08 bits per heavy atom. The van der Waals surface area contributed by atoms with Gasteiger partial charge in [0.2, 0.25) is 0 Å². The molecule has 2 heterocycles. The van der Waals surface area contributed by atoms with Gasteiger partial charge in [0.15, 0.2) is 17.5 Å². The molecule has 0 amide bonds. The van der Waals surface area contributed by atoms with E-state index in [-0.39, 0.29) is 29.7 Å². The molecule has 2 saturated heterocycles. The Morgan fingerprint density at radius 1 is 1.32 bits per heavy atom. The number of benzene rings is 1. The Kier molecular flexibility index (Phi) is 7.74. The van der Waals surface area contributed by atoms with E-state index >= 15 is 0 Å². The van der Waals surface area contributed by atoms with E-state index in [9.17, 15) is 9.50 Å². The summed E-state index contributed by atoms with van der Waals surface area (Å²) in [5.74, 6) is -0.0155. The van der Waals surface area contributed by atoms with Gasteiger partial charge in [-0.05, 0) is 57.0 Å². The molecule has 2 aliphatic rings. The van der Waals surface area contributed by atoms with Crippen LogP contribution >= 0.6 is 24.0 Å². The van der Waals surface area contributed by atoms with Gasteiger partial charge in [-0.3, -0.25) is 4.90 Å². The number of phenolic OH excluding ortho intramolecular Hbond substituents is 1. The summed E-state index contributed by atoms with van der Waals surface area (Å²) in [6.07, 6.45) is 3.81. The van der Waals surface area contributed by atoms with Crippen molar-refractivity contribution in [3.05, 3.63) is 29.6 Å². The maximum Gasteiger partial charge on any atom is 0.194 e. The molecule has 1 aromatic rings. The summed E-state index contributed by atoms with van der Waals surface area (Å²) in [4.78, 5) is 9.57. The first-order valence-electron chi connectivity index (χ1n) is 8.92. The predicted molar refractivity (Wildman–Crippen MR) is 109 cm³/mol. The molecule has 1 unspecified atom stereocenters. The van der Waals surface area contributed by atoms with E-state index in [1.165, 1.54) is 44.5 Å². The molecule has 1 atom stereocenters. The van der Waals surface area contributed by atoms with E-state index in [2.05, 4.69) is 27.0 Å². The first kappa shape index (κ1) is 20.2. The average molecular weight is 462 g/mol. The third-order valence-corrected chi connectivity index (χ3v) is 4.88. The average Bonchev–Trinajstić information content (AvgIpc) is 3.25. The van der Waals surface area contributed by atoms with E-state index in [0.717, 1.165) is 31.2 Å². The van der Waals surface area contributed by atoms with Crippen molar-refractivity contribution in [1.29, 1.82) is 0 Å². The Balaban J connectivity index is 0.00000225. The zero-order valence-corrected chi connectivity index (χ0v) is 17.1. The minimum atomic E-state index is -0.594. The number of hydrogen-bond donors (Lipinski definition) is 2. The van der Waals surface area contributed by atoms with E-state index in [1.54, 1.807) is 6.07 Å². The molecular weight excluding hydrogens is 434 g/mol. The summed E-state index contributed by atoms with van der Waals surface area (Å²) in [6, 6.07) is 5.07. The van der Waals surface area contributed by atoms with E-state index in [0.29, 0.717) is 12.6 Å². The molecular formula is C18H28FIN4O. The molecule has 7 heteroatoms. The van der Waals surface area contributed by atoms with Crippen LogP contribution in [0.25, 0.3) is 0 Å². The number of hydrogen-bond acceptors (Lipinski definition) is 3. The molecule has 2 N–H and O–H groups in total. The number of nitrogens with one attached hydrogen (secondary N) is 1. The summed E-state index contributed by atoms with van der Waals surface area (Å²) in [6.45, 7) is 7.74. The second-order valence-corrected chi connectivity index (χ2v) is 6.59. The standard InChI is InChI=1S/C18H27FN4O.HI/c1-2-20-18(21-12-14-5-6-17(24)16(19)11-14)23-10-7-15(13-23)22-8-3-4-9-22;/h5-6,11,15,24H,2-4,7-10,12-13H2,1H3,(H,20,21);1H. The van der Waals surface area contributed by atoms with Gasteiger partial charge in [-0.25, -0.2) is 9.38 Å². The van der Waals surface area contributed by atoms with Crippen LogP contribution in [0.5, 0.6) is 5.75 Å². The highest BCUT2D eigenvalue weighted by Crippen LogP contribution is 2.21. The minimum Gasteiger partial charge on any atom is -0.505 e. The van der Waals surface area contributed by atoms with E-state index in [4.69, 9.17) is 0 Å². The zero-order chi connectivity index (χ0) is 16.9. The van der Waals surface area contributed by atoms with Crippen molar-refractivity contribution < 1.29 is 9.50 Å². The van der Waals surface area contributed by atoms with Crippen LogP contribution in [0, 0.1) is 5.82 Å². The topological polar surface area (TPSA) is 51.1 Å². The molecule has 2 fully saturated rings. The van der Waals surface area contributed by atoms with Crippen LogP contribution in [-0.2, 0) is 6.54 Å². The number of nitrogens with zero attached hydrogens (tertiary/aromatic N) is 3. The quantitative estimate of drug-likeness (QED) is 0.411. The van der Waals surface area contributed by atoms with Crippen molar-refractivity contribution in [2.75, 3.05) is 32.7 Å². The van der Waals surface area contributed by atoms with Crippen molar-refractivity contribution in [2.45, 2.75) is 38.8 Å². The molecule has 3 rings (SSSR count). The van der Waals surface area contributed by atoms with Gasteiger partial charge in [-0.1, -0.05) is 6.07 Å². The Labute approximate surface area is 166 Å². The molecule has 0 spiro atoms. The second-order valence-electron chi connectivity index (χ2n) is 6.59. The molecule has 25 heavy (non-hydrogen) atoms. The lowest BCUT2D eigenvalue weighted by molar-refractivity contribution is 0.249. The molecule has 0 bridgehead atoms. The summed E-state index contributed by atoms with van der Waals surface area (Å²) in [5.41, 5.74) is 0.760. The Hall–Kier alpha value is -1.09. The third-order valence-electron chi connectivity index (χ3n) is 4.88. The van der Waals surface area contributed by atoms with Crippen molar-refractivity contribution in [3.63, 3.8) is 0 Å². The Morgan fingerprint density at radius 3 is 2.76 bits per heavy atom. The normalized spacial score (nSPS) is 21.4. The molecule has 0 radical (unpaired) electrons. The van der Waals surface area contributed by atoms with Gasteiger partial charge in [-0.2, -0.15) is 0 Å². The lowest BCUT2D eigenvalue weighted by Gasteiger charge is -2.25. The molecule has 2 aliphatic heterocycles. The monoisotopic (exact) mass is 462 g/mol. The maximum absolute atomic E-state index is 13.4. The number of halogens is 2. The van der Waals surface area contributed by atoms with Crippen LogP contribution in [0.3, 0.4) is 0 Å². The molecule has 1 aromatic carbocycles. The first-order valence-corrected chi connectivity index (χ1v) is 8.92. The molecule has 0 aliphatic carbocycles.